The molecule has 0 bridgehead atoms. The molecule has 5 nitrogen and oxygen atoms in total. The Kier molecular flexibility index (Phi) is 2.93. The molecule has 0 radical (unpaired) electrons. The van der Waals surface area contributed by atoms with E-state index in [4.69, 9.17) is 0 Å². The van der Waals surface area contributed by atoms with E-state index in [0.29, 0.717) is 12.4 Å². The number of aliphatic hydroxyl groups is 1. The summed E-state index contributed by atoms with van der Waals surface area (Å²) in [6.07, 6.45) is 0. The van der Waals surface area contributed by atoms with Gasteiger partial charge < -0.3 is 5.11 Å². The van der Waals surface area contributed by atoms with Gasteiger partial charge >= 0.3 is 0 Å². The molecule has 1 aromatic heterocycles. The van der Waals surface area contributed by atoms with Crippen molar-refractivity contribution in [3.8, 4) is 11.4 Å². The largest absolute Gasteiger partial charge is 0.388 e. The zero-order valence-electron chi connectivity index (χ0n) is 10.3. The van der Waals surface area contributed by atoms with Crippen molar-refractivity contribution in [2.75, 3.05) is 0 Å². The van der Waals surface area contributed by atoms with Crippen molar-refractivity contribution in [1.82, 2.24) is 20.2 Å². The van der Waals surface area contributed by atoms with E-state index in [9.17, 15) is 5.11 Å². The Balaban J connectivity index is 2.21. The van der Waals surface area contributed by atoms with Crippen LogP contribution in [0.4, 0.5) is 0 Å². The van der Waals surface area contributed by atoms with Crippen LogP contribution in [0.25, 0.3) is 11.4 Å². The van der Waals surface area contributed by atoms with E-state index in [2.05, 4.69) is 15.4 Å². The smallest absolute Gasteiger partial charge is 0.204 e. The second kappa shape index (κ2) is 4.25. The van der Waals surface area contributed by atoms with Crippen molar-refractivity contribution in [3.05, 3.63) is 29.8 Å². The van der Waals surface area contributed by atoms with Gasteiger partial charge in [-0.05, 0) is 26.0 Å². The van der Waals surface area contributed by atoms with Gasteiger partial charge in [-0.15, -0.1) is 10.2 Å². The van der Waals surface area contributed by atoms with E-state index in [1.165, 1.54) is 10.4 Å². The Morgan fingerprint density at radius 1 is 1.24 bits per heavy atom. The first kappa shape index (κ1) is 11.7. The fourth-order valence-corrected chi connectivity index (χ4v) is 1.47. The lowest BCUT2D eigenvalue weighted by Crippen LogP contribution is -2.27. The highest BCUT2D eigenvalue weighted by Crippen LogP contribution is 2.14. The predicted molar refractivity (Wildman–Crippen MR) is 64.3 cm³/mol. The molecular weight excluding hydrogens is 216 g/mol. The molecule has 5 heteroatoms. The van der Waals surface area contributed by atoms with Crippen LogP contribution in [0.1, 0.15) is 19.4 Å². The first-order valence-corrected chi connectivity index (χ1v) is 5.51. The average Bonchev–Trinajstić information content (AvgIpc) is 2.64. The maximum absolute atomic E-state index is 9.66. The van der Waals surface area contributed by atoms with Crippen LogP contribution < -0.4 is 0 Å². The van der Waals surface area contributed by atoms with Crippen LogP contribution in [0, 0.1) is 6.92 Å². The monoisotopic (exact) mass is 232 g/mol. The van der Waals surface area contributed by atoms with Crippen molar-refractivity contribution in [3.63, 3.8) is 0 Å². The lowest BCUT2D eigenvalue weighted by Gasteiger charge is -2.14. The van der Waals surface area contributed by atoms with Crippen LogP contribution in [-0.2, 0) is 6.54 Å². The first-order valence-electron chi connectivity index (χ1n) is 5.51. The van der Waals surface area contributed by atoms with Gasteiger partial charge in [-0.3, -0.25) is 0 Å². The standard InChI is InChI=1S/C12H16N4O/c1-9-4-6-10(7-5-9)11-13-15-16(14-11)8-12(2,3)17/h4-7,17H,8H2,1-3H3. The van der Waals surface area contributed by atoms with Crippen LogP contribution in [0.15, 0.2) is 24.3 Å². The fraction of sp³-hybridized carbons (Fsp3) is 0.417. The quantitative estimate of drug-likeness (QED) is 0.869. The van der Waals surface area contributed by atoms with Gasteiger partial charge in [-0.2, -0.15) is 4.80 Å². The summed E-state index contributed by atoms with van der Waals surface area (Å²) in [5.41, 5.74) is 1.28. The van der Waals surface area contributed by atoms with Gasteiger partial charge in [0, 0.05) is 5.56 Å². The van der Waals surface area contributed by atoms with Crippen molar-refractivity contribution < 1.29 is 5.11 Å². The van der Waals surface area contributed by atoms with Crippen molar-refractivity contribution >= 4 is 0 Å². The zero-order chi connectivity index (χ0) is 12.5. The van der Waals surface area contributed by atoms with E-state index < -0.39 is 5.60 Å². The third-order valence-corrected chi connectivity index (χ3v) is 2.29. The van der Waals surface area contributed by atoms with E-state index in [1.54, 1.807) is 13.8 Å². The van der Waals surface area contributed by atoms with Gasteiger partial charge in [-0.1, -0.05) is 29.8 Å². The molecule has 0 atom stereocenters. The molecule has 2 rings (SSSR count). The number of aromatic nitrogens is 4. The summed E-state index contributed by atoms with van der Waals surface area (Å²) in [4.78, 5) is 1.41. The third-order valence-electron chi connectivity index (χ3n) is 2.29. The highest BCUT2D eigenvalue weighted by atomic mass is 16.3. The van der Waals surface area contributed by atoms with Gasteiger partial charge in [0.1, 0.15) is 0 Å². The Hall–Kier alpha value is -1.75. The topological polar surface area (TPSA) is 63.8 Å². The summed E-state index contributed by atoms with van der Waals surface area (Å²) in [6, 6.07) is 7.93. The molecule has 1 heterocycles. The van der Waals surface area contributed by atoms with Gasteiger partial charge in [-0.25, -0.2) is 0 Å². The normalized spacial score (nSPS) is 11.8. The van der Waals surface area contributed by atoms with Gasteiger partial charge in [0.05, 0.1) is 12.1 Å². The summed E-state index contributed by atoms with van der Waals surface area (Å²) in [7, 11) is 0. The molecular formula is C12H16N4O. The minimum atomic E-state index is -0.842. The van der Waals surface area contributed by atoms with Crippen molar-refractivity contribution in [1.29, 1.82) is 0 Å². The molecule has 2 aromatic rings. The van der Waals surface area contributed by atoms with E-state index in [1.807, 2.05) is 31.2 Å². The minimum absolute atomic E-state index is 0.325. The van der Waals surface area contributed by atoms with Crippen LogP contribution in [0.2, 0.25) is 0 Å². The van der Waals surface area contributed by atoms with Crippen LogP contribution in [0.3, 0.4) is 0 Å². The number of benzene rings is 1. The Morgan fingerprint density at radius 3 is 2.47 bits per heavy atom. The molecule has 0 saturated carbocycles. The number of nitrogens with zero attached hydrogens (tertiary/aromatic N) is 4. The lowest BCUT2D eigenvalue weighted by atomic mass is 10.1. The molecule has 17 heavy (non-hydrogen) atoms. The number of hydrogen-bond acceptors (Lipinski definition) is 4. The second-order valence-electron chi connectivity index (χ2n) is 4.82. The molecule has 0 fully saturated rings. The molecule has 0 aliphatic carbocycles. The number of tetrazole rings is 1. The molecule has 0 aliphatic rings. The molecule has 1 aromatic carbocycles. The summed E-state index contributed by atoms with van der Waals surface area (Å²) in [6.45, 7) is 5.78. The predicted octanol–water partition coefficient (Wildman–Crippen LogP) is 1.42. The Labute approximate surface area is 100 Å². The fourth-order valence-electron chi connectivity index (χ4n) is 1.47. The van der Waals surface area contributed by atoms with E-state index in [-0.39, 0.29) is 0 Å². The SMILES string of the molecule is Cc1ccc(-c2nnn(CC(C)(C)O)n2)cc1. The van der Waals surface area contributed by atoms with Crippen LogP contribution in [-0.4, -0.2) is 30.9 Å². The summed E-state index contributed by atoms with van der Waals surface area (Å²) >= 11 is 0. The number of hydrogen-bond donors (Lipinski definition) is 1. The first-order chi connectivity index (χ1) is 7.94. The molecule has 90 valence electrons. The minimum Gasteiger partial charge on any atom is -0.388 e. The van der Waals surface area contributed by atoms with Crippen LogP contribution in [0.5, 0.6) is 0 Å². The highest BCUT2D eigenvalue weighted by molar-refractivity contribution is 5.53. The number of rotatable bonds is 3. The summed E-state index contributed by atoms with van der Waals surface area (Å²) in [5, 5.41) is 21.8. The van der Waals surface area contributed by atoms with Gasteiger partial charge in [0.2, 0.25) is 5.82 Å². The summed E-state index contributed by atoms with van der Waals surface area (Å²) in [5.74, 6) is 0.578. The molecule has 0 aliphatic heterocycles. The Morgan fingerprint density at radius 2 is 1.88 bits per heavy atom. The zero-order valence-corrected chi connectivity index (χ0v) is 10.3. The molecule has 0 saturated heterocycles. The number of aryl methyl sites for hydroxylation is 1. The summed E-state index contributed by atoms with van der Waals surface area (Å²) < 4.78 is 0. The molecule has 0 unspecified atom stereocenters. The van der Waals surface area contributed by atoms with Crippen LogP contribution >= 0.6 is 0 Å². The molecule has 0 amide bonds. The molecule has 1 N–H and O–H groups in total. The third kappa shape index (κ3) is 3.10. The Bertz CT molecular complexity index is 496. The second-order valence-corrected chi connectivity index (χ2v) is 4.82. The highest BCUT2D eigenvalue weighted by Gasteiger charge is 2.16. The van der Waals surface area contributed by atoms with E-state index in [0.717, 1.165) is 5.56 Å². The van der Waals surface area contributed by atoms with E-state index >= 15 is 0 Å². The molecule has 0 spiro atoms. The average molecular weight is 232 g/mol. The maximum Gasteiger partial charge on any atom is 0.204 e. The van der Waals surface area contributed by atoms with Gasteiger partial charge in [0.15, 0.2) is 0 Å². The maximum atomic E-state index is 9.66. The lowest BCUT2D eigenvalue weighted by molar-refractivity contribution is 0.0526. The van der Waals surface area contributed by atoms with Crippen molar-refractivity contribution in [2.45, 2.75) is 32.9 Å². The van der Waals surface area contributed by atoms with Gasteiger partial charge in [0.25, 0.3) is 0 Å². The van der Waals surface area contributed by atoms with Crippen molar-refractivity contribution in [2.24, 2.45) is 0 Å².